The van der Waals surface area contributed by atoms with Crippen molar-refractivity contribution in [3.63, 3.8) is 0 Å². The minimum atomic E-state index is 0. The van der Waals surface area contributed by atoms with Gasteiger partial charge in [-0.25, -0.2) is 0 Å². The molecule has 0 unspecified atom stereocenters. The summed E-state index contributed by atoms with van der Waals surface area (Å²) in [5, 5.41) is 8.43. The van der Waals surface area contributed by atoms with E-state index in [9.17, 15) is 0 Å². The molecule has 0 aromatic carbocycles. The number of rotatable bonds is 1. The molecular formula is C11H11FeO. The Hall–Kier alpha value is -0.781. The predicted molar refractivity (Wildman–Crippen MR) is 50.4 cm³/mol. The van der Waals surface area contributed by atoms with Gasteiger partial charge in [0.2, 0.25) is 0 Å². The van der Waals surface area contributed by atoms with E-state index in [1.165, 1.54) is 0 Å². The number of allylic oxidation sites excluding steroid dienone is 6. The number of hydrogen-bond acceptors (Lipinski definition) is 1. The molecule has 13 heavy (non-hydrogen) atoms. The second-order valence-electron chi connectivity index (χ2n) is 2.34. The van der Waals surface area contributed by atoms with Crippen molar-refractivity contribution in [3.05, 3.63) is 60.3 Å². The van der Waals surface area contributed by atoms with Gasteiger partial charge in [0.15, 0.2) is 0 Å². The minimum absolute atomic E-state index is 0. The molecule has 0 saturated heterocycles. The molecular weight excluding hydrogens is 204 g/mol. The average molecular weight is 215 g/mol. The van der Waals surface area contributed by atoms with E-state index in [2.05, 4.69) is 5.73 Å². The zero-order valence-electron chi connectivity index (χ0n) is 7.13. The maximum absolute atomic E-state index is 8.43. The Balaban J connectivity index is 0.000000215. The van der Waals surface area contributed by atoms with Gasteiger partial charge in [-0.1, -0.05) is 30.4 Å². The van der Waals surface area contributed by atoms with Gasteiger partial charge in [-0.05, 0) is 17.7 Å². The number of aliphatic hydroxyl groups is 1. The van der Waals surface area contributed by atoms with E-state index in [-0.39, 0.29) is 23.7 Å². The molecule has 2 heteroatoms. The average Bonchev–Trinajstić information content (AvgIpc) is 2.81. The van der Waals surface area contributed by atoms with Gasteiger partial charge >= 0.3 is 0 Å². The van der Waals surface area contributed by atoms with Crippen LogP contribution in [0.4, 0.5) is 0 Å². The van der Waals surface area contributed by atoms with E-state index in [1.807, 2.05) is 49.0 Å². The Morgan fingerprint density at radius 1 is 1.08 bits per heavy atom. The quantitative estimate of drug-likeness (QED) is 0.523. The topological polar surface area (TPSA) is 20.2 Å². The molecule has 0 saturated carbocycles. The monoisotopic (exact) mass is 215 g/mol. The van der Waals surface area contributed by atoms with E-state index >= 15 is 0 Å². The molecule has 2 rings (SSSR count). The van der Waals surface area contributed by atoms with Gasteiger partial charge in [0, 0.05) is 23.5 Å². The predicted octanol–water partition coefficient (Wildman–Crippen LogP) is 1.94. The molecule has 0 heterocycles. The Labute approximate surface area is 89.3 Å². The third kappa shape index (κ3) is 5.46. The van der Waals surface area contributed by atoms with Crippen molar-refractivity contribution in [2.75, 3.05) is 6.61 Å². The molecule has 0 spiro atoms. The second kappa shape index (κ2) is 7.85. The molecule has 69 valence electrons. The van der Waals surface area contributed by atoms with Crippen LogP contribution in [-0.2, 0) is 17.1 Å². The first-order valence-corrected chi connectivity index (χ1v) is 3.82. The summed E-state index contributed by atoms with van der Waals surface area (Å²) in [7, 11) is 0. The van der Waals surface area contributed by atoms with E-state index in [0.717, 1.165) is 5.57 Å². The van der Waals surface area contributed by atoms with Crippen molar-refractivity contribution in [1.29, 1.82) is 0 Å². The van der Waals surface area contributed by atoms with Crippen molar-refractivity contribution in [3.8, 4) is 0 Å². The van der Waals surface area contributed by atoms with Crippen LogP contribution in [0.3, 0.4) is 0 Å². The van der Waals surface area contributed by atoms with E-state index in [1.54, 1.807) is 0 Å². The molecule has 1 nitrogen and oxygen atoms in total. The zero-order valence-corrected chi connectivity index (χ0v) is 8.23. The van der Waals surface area contributed by atoms with Crippen molar-refractivity contribution in [2.45, 2.75) is 0 Å². The van der Waals surface area contributed by atoms with Gasteiger partial charge in [-0.3, -0.25) is 0 Å². The number of hydrogen-bond donors (Lipinski definition) is 1. The molecule has 0 bridgehead atoms. The van der Waals surface area contributed by atoms with Crippen molar-refractivity contribution < 1.29 is 22.2 Å². The molecule has 0 atom stereocenters. The summed E-state index contributed by atoms with van der Waals surface area (Å²) >= 11 is 0. The Morgan fingerprint density at radius 2 is 1.77 bits per heavy atom. The Kier molecular flexibility index (Phi) is 7.38. The summed E-state index contributed by atoms with van der Waals surface area (Å²) in [5.41, 5.74) is 3.85. The third-order valence-corrected chi connectivity index (χ3v) is 1.41. The van der Waals surface area contributed by atoms with Crippen LogP contribution >= 0.6 is 0 Å². The first kappa shape index (κ1) is 12.2. The fraction of sp³-hybridized carbons (Fsp3) is 0.0909. The summed E-state index contributed by atoms with van der Waals surface area (Å²) in [6.45, 7) is 0.160. The van der Waals surface area contributed by atoms with Gasteiger partial charge in [0.25, 0.3) is 0 Å². The molecule has 0 aromatic heterocycles. The summed E-state index contributed by atoms with van der Waals surface area (Å²) in [6, 6.07) is 0. The first-order chi connectivity index (χ1) is 5.93. The van der Waals surface area contributed by atoms with Crippen molar-refractivity contribution in [1.82, 2.24) is 0 Å². The van der Waals surface area contributed by atoms with Gasteiger partial charge < -0.3 is 5.11 Å². The van der Waals surface area contributed by atoms with Gasteiger partial charge in [-0.15, -0.1) is 5.73 Å². The standard InChI is InChI=1S/C6H7O.C5H4.Fe/c7-5-6-3-1-2-4-6;1-2-4-5-3-1;/h1-4,7H,5H2;1-4H;. The van der Waals surface area contributed by atoms with Crippen LogP contribution in [0.15, 0.2) is 53.8 Å². The smallest absolute Gasteiger partial charge is 0.0650 e. The van der Waals surface area contributed by atoms with Crippen molar-refractivity contribution >= 4 is 0 Å². The van der Waals surface area contributed by atoms with E-state index in [4.69, 9.17) is 5.11 Å². The Morgan fingerprint density at radius 3 is 2.00 bits per heavy atom. The summed E-state index contributed by atoms with van der Waals surface area (Å²) in [4.78, 5) is 0. The van der Waals surface area contributed by atoms with Gasteiger partial charge in [0.05, 0.1) is 6.61 Å². The minimum Gasteiger partial charge on any atom is -0.392 e. The molecule has 0 aliphatic heterocycles. The summed E-state index contributed by atoms with van der Waals surface area (Å²) in [5.74, 6) is 0. The maximum Gasteiger partial charge on any atom is 0.0650 e. The fourth-order valence-corrected chi connectivity index (χ4v) is 0.797. The van der Waals surface area contributed by atoms with Crippen LogP contribution in [0.2, 0.25) is 0 Å². The van der Waals surface area contributed by atoms with Crippen LogP contribution in [0.25, 0.3) is 0 Å². The summed E-state index contributed by atoms with van der Waals surface area (Å²) in [6.07, 6.45) is 15.2. The molecule has 0 fully saturated rings. The molecule has 2 aliphatic rings. The summed E-state index contributed by atoms with van der Waals surface area (Å²) < 4.78 is 0. The fourth-order valence-electron chi connectivity index (χ4n) is 0.797. The Bertz CT molecular complexity index is 268. The zero-order chi connectivity index (χ0) is 8.65. The molecule has 2 aliphatic carbocycles. The maximum atomic E-state index is 8.43. The normalized spacial score (nSPS) is 15.0. The first-order valence-electron chi connectivity index (χ1n) is 3.82. The van der Waals surface area contributed by atoms with E-state index in [0.29, 0.717) is 0 Å². The van der Waals surface area contributed by atoms with Gasteiger partial charge in [0.1, 0.15) is 0 Å². The number of aliphatic hydroxyl groups excluding tert-OH is 1. The largest absolute Gasteiger partial charge is 0.392 e. The van der Waals surface area contributed by atoms with Crippen LogP contribution in [-0.4, -0.2) is 11.7 Å². The second-order valence-corrected chi connectivity index (χ2v) is 2.34. The van der Waals surface area contributed by atoms with Crippen LogP contribution < -0.4 is 0 Å². The van der Waals surface area contributed by atoms with Crippen LogP contribution in [0, 0.1) is 6.42 Å². The van der Waals surface area contributed by atoms with Crippen molar-refractivity contribution in [2.24, 2.45) is 0 Å². The van der Waals surface area contributed by atoms with Gasteiger partial charge in [-0.2, -0.15) is 0 Å². The molecule has 0 amide bonds. The van der Waals surface area contributed by atoms with Crippen LogP contribution in [0.1, 0.15) is 0 Å². The van der Waals surface area contributed by atoms with Crippen LogP contribution in [0.5, 0.6) is 0 Å². The SMILES string of the molecule is C1=CC=CC=1.OCC1=CC=C[CH]1.[Fe]. The molecule has 1 N–H and O–H groups in total. The molecule has 1 radical (unpaired) electrons. The van der Waals surface area contributed by atoms with E-state index < -0.39 is 0 Å². The molecule has 0 aromatic rings. The third-order valence-electron chi connectivity index (χ3n) is 1.41.